The summed E-state index contributed by atoms with van der Waals surface area (Å²) in [4.78, 5) is 24.7. The molecule has 1 aromatic heterocycles. The molecule has 0 aliphatic carbocycles. The molecule has 1 atom stereocenters. The lowest BCUT2D eigenvalue weighted by Crippen LogP contribution is -2.44. The molecule has 0 spiro atoms. The molecule has 0 bridgehead atoms. The zero-order valence-corrected chi connectivity index (χ0v) is 18.3. The van der Waals surface area contributed by atoms with Gasteiger partial charge in [0.25, 0.3) is 0 Å². The van der Waals surface area contributed by atoms with Gasteiger partial charge in [-0.1, -0.05) is 6.07 Å². The van der Waals surface area contributed by atoms with E-state index in [9.17, 15) is 4.79 Å². The second-order valence-corrected chi connectivity index (χ2v) is 6.45. The van der Waals surface area contributed by atoms with Crippen LogP contribution < -0.4 is 10.6 Å². The van der Waals surface area contributed by atoms with E-state index in [2.05, 4.69) is 25.5 Å². The van der Waals surface area contributed by atoms with E-state index in [0.717, 1.165) is 50.6 Å². The Morgan fingerprint density at radius 3 is 2.85 bits per heavy atom. The highest BCUT2D eigenvalue weighted by Gasteiger charge is 2.30. The number of guanidine groups is 1. The zero-order valence-electron chi connectivity index (χ0n) is 15.9. The SMILES string of the molecule is CN=C(NCCCN1CCCC1C(=O)N(C)C)NCc1ccccn1.I. The number of likely N-dealkylation sites (tertiary alicyclic amines) is 1. The molecule has 7 nitrogen and oxygen atoms in total. The first kappa shape index (κ1) is 22.6. The third-order valence-electron chi connectivity index (χ3n) is 4.39. The average Bonchev–Trinajstić information content (AvgIpc) is 3.09. The van der Waals surface area contributed by atoms with Crippen molar-refractivity contribution in [2.45, 2.75) is 31.8 Å². The topological polar surface area (TPSA) is 72.9 Å². The van der Waals surface area contributed by atoms with E-state index >= 15 is 0 Å². The highest BCUT2D eigenvalue weighted by Crippen LogP contribution is 2.18. The first-order chi connectivity index (χ1) is 12.1. The predicted octanol–water partition coefficient (Wildman–Crippen LogP) is 1.31. The lowest BCUT2D eigenvalue weighted by Gasteiger charge is -2.26. The second-order valence-electron chi connectivity index (χ2n) is 6.45. The fourth-order valence-corrected chi connectivity index (χ4v) is 3.06. The van der Waals surface area contributed by atoms with E-state index in [1.807, 2.05) is 32.3 Å². The van der Waals surface area contributed by atoms with Crippen LogP contribution in [0, 0.1) is 0 Å². The minimum atomic E-state index is 0. The van der Waals surface area contributed by atoms with Crippen molar-refractivity contribution < 1.29 is 4.79 Å². The molecule has 1 fully saturated rings. The summed E-state index contributed by atoms with van der Waals surface area (Å²) < 4.78 is 0. The van der Waals surface area contributed by atoms with E-state index in [1.165, 1.54) is 0 Å². The van der Waals surface area contributed by atoms with Crippen LogP contribution in [0.3, 0.4) is 0 Å². The van der Waals surface area contributed by atoms with Crippen LogP contribution in [-0.2, 0) is 11.3 Å². The van der Waals surface area contributed by atoms with E-state index < -0.39 is 0 Å². The molecule has 1 aromatic rings. The number of likely N-dealkylation sites (N-methyl/N-ethyl adjacent to an activating group) is 1. The maximum absolute atomic E-state index is 12.2. The van der Waals surface area contributed by atoms with Crippen molar-refractivity contribution in [3.8, 4) is 0 Å². The highest BCUT2D eigenvalue weighted by molar-refractivity contribution is 14.0. The van der Waals surface area contributed by atoms with Gasteiger partial charge in [0, 0.05) is 40.4 Å². The fourth-order valence-electron chi connectivity index (χ4n) is 3.06. The number of carbonyl (C=O) groups is 1. The van der Waals surface area contributed by atoms with Crippen LogP contribution in [0.5, 0.6) is 0 Å². The monoisotopic (exact) mass is 474 g/mol. The van der Waals surface area contributed by atoms with Gasteiger partial charge in [-0.3, -0.25) is 19.7 Å². The number of nitrogens with one attached hydrogen (secondary N) is 2. The molecule has 26 heavy (non-hydrogen) atoms. The Hall–Kier alpha value is -1.42. The number of aromatic nitrogens is 1. The largest absolute Gasteiger partial charge is 0.356 e. The number of halogens is 1. The lowest BCUT2D eigenvalue weighted by atomic mass is 10.2. The second kappa shape index (κ2) is 12.1. The zero-order chi connectivity index (χ0) is 18.1. The van der Waals surface area contributed by atoms with Crippen LogP contribution >= 0.6 is 24.0 Å². The van der Waals surface area contributed by atoms with Gasteiger partial charge in [0.15, 0.2) is 5.96 Å². The average molecular weight is 474 g/mol. The number of rotatable bonds is 7. The molecule has 0 radical (unpaired) electrons. The summed E-state index contributed by atoms with van der Waals surface area (Å²) in [5.41, 5.74) is 0.979. The van der Waals surface area contributed by atoms with Gasteiger partial charge in [-0.2, -0.15) is 0 Å². The molecule has 1 amide bonds. The van der Waals surface area contributed by atoms with Crippen molar-refractivity contribution in [3.05, 3.63) is 30.1 Å². The van der Waals surface area contributed by atoms with E-state index in [4.69, 9.17) is 0 Å². The van der Waals surface area contributed by atoms with Crippen LogP contribution in [0.25, 0.3) is 0 Å². The predicted molar refractivity (Wildman–Crippen MR) is 116 cm³/mol. The molecular weight excluding hydrogens is 443 g/mol. The van der Waals surface area contributed by atoms with Gasteiger partial charge in [-0.25, -0.2) is 0 Å². The van der Waals surface area contributed by atoms with E-state index in [-0.39, 0.29) is 35.9 Å². The van der Waals surface area contributed by atoms with Crippen LogP contribution in [0.4, 0.5) is 0 Å². The molecule has 0 aromatic carbocycles. The molecule has 1 saturated heterocycles. The van der Waals surface area contributed by atoms with E-state index in [0.29, 0.717) is 6.54 Å². The number of hydrogen-bond acceptors (Lipinski definition) is 4. The highest BCUT2D eigenvalue weighted by atomic mass is 127. The van der Waals surface area contributed by atoms with Crippen molar-refractivity contribution in [2.24, 2.45) is 4.99 Å². The first-order valence-corrected chi connectivity index (χ1v) is 8.91. The quantitative estimate of drug-likeness (QED) is 0.270. The van der Waals surface area contributed by atoms with Gasteiger partial charge in [0.2, 0.25) is 5.91 Å². The summed E-state index contributed by atoms with van der Waals surface area (Å²) in [5, 5.41) is 6.58. The minimum absolute atomic E-state index is 0. The molecule has 2 N–H and O–H groups in total. The van der Waals surface area contributed by atoms with Crippen molar-refractivity contribution >= 4 is 35.8 Å². The maximum atomic E-state index is 12.2. The molecule has 146 valence electrons. The van der Waals surface area contributed by atoms with Crippen molar-refractivity contribution in [3.63, 3.8) is 0 Å². The molecule has 1 aliphatic heterocycles. The summed E-state index contributed by atoms with van der Waals surface area (Å²) in [6.07, 6.45) is 4.83. The van der Waals surface area contributed by atoms with Gasteiger partial charge in [-0.15, -0.1) is 24.0 Å². The normalized spacial score (nSPS) is 17.5. The van der Waals surface area contributed by atoms with Gasteiger partial charge >= 0.3 is 0 Å². The summed E-state index contributed by atoms with van der Waals surface area (Å²) >= 11 is 0. The number of pyridine rings is 1. The Morgan fingerprint density at radius 1 is 1.38 bits per heavy atom. The smallest absolute Gasteiger partial charge is 0.239 e. The van der Waals surface area contributed by atoms with Gasteiger partial charge in [0.1, 0.15) is 0 Å². The number of nitrogens with zero attached hydrogens (tertiary/aromatic N) is 4. The summed E-state index contributed by atoms with van der Waals surface area (Å²) in [6, 6.07) is 5.91. The molecule has 8 heteroatoms. The molecule has 2 heterocycles. The number of hydrogen-bond donors (Lipinski definition) is 2. The molecule has 1 unspecified atom stereocenters. The fraction of sp³-hybridized carbons (Fsp3) is 0.611. The molecular formula is C18H31IN6O. The Morgan fingerprint density at radius 2 is 2.19 bits per heavy atom. The molecule has 1 aliphatic rings. The Labute approximate surface area is 173 Å². The van der Waals surface area contributed by atoms with Gasteiger partial charge in [0.05, 0.1) is 18.3 Å². The van der Waals surface area contributed by atoms with Crippen molar-refractivity contribution in [2.75, 3.05) is 40.8 Å². The van der Waals surface area contributed by atoms with Crippen molar-refractivity contribution in [1.29, 1.82) is 0 Å². The third-order valence-corrected chi connectivity index (χ3v) is 4.39. The standard InChI is InChI=1S/C18H30N6O.HI/c1-19-18(22-14-15-8-4-5-10-20-15)21-11-7-13-24-12-6-9-16(24)17(25)23(2)3;/h4-5,8,10,16H,6-7,9,11-14H2,1-3H3,(H2,19,21,22);1H. The van der Waals surface area contributed by atoms with Gasteiger partial charge < -0.3 is 15.5 Å². The Bertz CT molecular complexity index is 566. The van der Waals surface area contributed by atoms with Crippen LogP contribution in [-0.4, -0.2) is 73.5 Å². The number of amides is 1. The minimum Gasteiger partial charge on any atom is -0.356 e. The Balaban J connectivity index is 0.00000338. The maximum Gasteiger partial charge on any atom is 0.239 e. The third kappa shape index (κ3) is 7.06. The Kier molecular flexibility index (Phi) is 10.5. The van der Waals surface area contributed by atoms with E-state index in [1.54, 1.807) is 18.1 Å². The molecule has 0 saturated carbocycles. The van der Waals surface area contributed by atoms with Crippen LogP contribution in [0.1, 0.15) is 25.0 Å². The number of carbonyl (C=O) groups excluding carboxylic acids is 1. The summed E-state index contributed by atoms with van der Waals surface area (Å²) in [6.45, 7) is 3.40. The summed E-state index contributed by atoms with van der Waals surface area (Å²) in [7, 11) is 5.43. The van der Waals surface area contributed by atoms with Gasteiger partial charge in [-0.05, 0) is 37.9 Å². The lowest BCUT2D eigenvalue weighted by molar-refractivity contribution is -0.133. The first-order valence-electron chi connectivity index (χ1n) is 8.91. The van der Waals surface area contributed by atoms with Crippen LogP contribution in [0.2, 0.25) is 0 Å². The molecule has 2 rings (SSSR count). The van der Waals surface area contributed by atoms with Crippen LogP contribution in [0.15, 0.2) is 29.4 Å². The number of aliphatic imine (C=N–C) groups is 1. The summed E-state index contributed by atoms with van der Waals surface area (Å²) in [5.74, 6) is 0.992. The van der Waals surface area contributed by atoms with Crippen molar-refractivity contribution in [1.82, 2.24) is 25.4 Å².